The monoisotopic (exact) mass is 180 g/mol. The lowest BCUT2D eigenvalue weighted by molar-refractivity contribution is -0.133. The second kappa shape index (κ2) is 2.75. The molecule has 0 fully saturated rings. The van der Waals surface area contributed by atoms with Crippen LogP contribution in [0, 0.1) is 6.92 Å². The van der Waals surface area contributed by atoms with E-state index in [-0.39, 0.29) is 5.97 Å². The number of cyclic esters (lactones) is 1. The molecular weight excluding hydrogens is 172 g/mol. The molecule has 0 spiro atoms. The van der Waals surface area contributed by atoms with E-state index in [4.69, 9.17) is 4.74 Å². The number of carbonyl (C=O) groups excluding carboxylic acids is 1. The summed E-state index contributed by atoms with van der Waals surface area (Å²) < 4.78 is 4.80. The lowest BCUT2D eigenvalue weighted by Crippen LogP contribution is -1.96. The number of aryl methyl sites for hydroxylation is 1. The van der Waals surface area contributed by atoms with Gasteiger partial charge in [0.2, 0.25) is 0 Å². The molecule has 1 aliphatic heterocycles. The molecule has 1 aromatic rings. The van der Waals surface area contributed by atoms with Gasteiger partial charge in [0.15, 0.2) is 0 Å². The van der Waals surface area contributed by atoms with Crippen molar-refractivity contribution < 1.29 is 9.53 Å². The summed E-state index contributed by atoms with van der Waals surface area (Å²) in [7, 11) is 0. The van der Waals surface area contributed by atoms with Crippen molar-refractivity contribution in [1.82, 2.24) is 0 Å². The van der Waals surface area contributed by atoms with Crippen LogP contribution in [0.25, 0.3) is 5.57 Å². The summed E-state index contributed by atoms with van der Waals surface area (Å²) >= 11 is 1.58. The molecule has 1 aliphatic rings. The minimum atomic E-state index is -0.197. The van der Waals surface area contributed by atoms with E-state index >= 15 is 0 Å². The van der Waals surface area contributed by atoms with Crippen molar-refractivity contribution in [3.63, 3.8) is 0 Å². The van der Waals surface area contributed by atoms with Crippen molar-refractivity contribution in [1.29, 1.82) is 0 Å². The largest absolute Gasteiger partial charge is 0.458 e. The van der Waals surface area contributed by atoms with Gasteiger partial charge in [-0.1, -0.05) is 0 Å². The number of thiophene rings is 1. The molecule has 12 heavy (non-hydrogen) atoms. The average Bonchev–Trinajstić information content (AvgIpc) is 2.58. The first-order valence-corrected chi connectivity index (χ1v) is 4.58. The molecule has 0 bridgehead atoms. The number of rotatable bonds is 1. The molecule has 1 aromatic heterocycles. The van der Waals surface area contributed by atoms with Gasteiger partial charge >= 0.3 is 5.97 Å². The van der Waals surface area contributed by atoms with Gasteiger partial charge in [-0.3, -0.25) is 0 Å². The number of ether oxygens (including phenoxy) is 1. The molecular formula is C9H8O2S. The lowest BCUT2D eigenvalue weighted by atomic mass is 10.2. The van der Waals surface area contributed by atoms with E-state index in [1.54, 1.807) is 11.3 Å². The molecule has 2 nitrogen and oxygen atoms in total. The highest BCUT2D eigenvalue weighted by molar-refractivity contribution is 7.11. The predicted molar refractivity (Wildman–Crippen MR) is 48.0 cm³/mol. The standard InChI is InChI=1S/C9H8O2S/c1-6-4-8(12-5-6)7-2-3-11-9(7)10/h2,4-5H,3H2,1H3. The number of hydrogen-bond donors (Lipinski definition) is 0. The van der Waals surface area contributed by atoms with Gasteiger partial charge in [0.1, 0.15) is 6.61 Å². The van der Waals surface area contributed by atoms with E-state index < -0.39 is 0 Å². The first kappa shape index (κ1) is 7.55. The van der Waals surface area contributed by atoms with Crippen molar-refractivity contribution in [3.05, 3.63) is 28.0 Å². The van der Waals surface area contributed by atoms with E-state index in [1.807, 2.05) is 24.4 Å². The van der Waals surface area contributed by atoms with Gasteiger partial charge in [0, 0.05) is 4.88 Å². The molecule has 2 heterocycles. The summed E-state index contributed by atoms with van der Waals surface area (Å²) in [5.74, 6) is -0.197. The minimum absolute atomic E-state index is 0.197. The number of carbonyl (C=O) groups is 1. The van der Waals surface area contributed by atoms with Crippen molar-refractivity contribution in [2.45, 2.75) is 6.92 Å². The molecule has 62 valence electrons. The average molecular weight is 180 g/mol. The molecule has 2 rings (SSSR count). The molecule has 0 saturated carbocycles. The van der Waals surface area contributed by atoms with Gasteiger partial charge in [-0.05, 0) is 30.0 Å². The predicted octanol–water partition coefficient (Wildman–Crippen LogP) is 2.00. The van der Waals surface area contributed by atoms with Crippen molar-refractivity contribution >= 4 is 22.9 Å². The number of esters is 1. The first-order chi connectivity index (χ1) is 5.77. The molecule has 0 atom stereocenters. The van der Waals surface area contributed by atoms with Gasteiger partial charge in [0.05, 0.1) is 5.57 Å². The normalized spacial score (nSPS) is 16.1. The van der Waals surface area contributed by atoms with Crippen LogP contribution in [0.5, 0.6) is 0 Å². The number of hydrogen-bond acceptors (Lipinski definition) is 3. The van der Waals surface area contributed by atoms with Gasteiger partial charge in [-0.15, -0.1) is 11.3 Å². The molecule has 0 N–H and O–H groups in total. The van der Waals surface area contributed by atoms with Gasteiger partial charge in [-0.2, -0.15) is 0 Å². The summed E-state index contributed by atoms with van der Waals surface area (Å²) in [5, 5.41) is 2.03. The third-order valence-electron chi connectivity index (χ3n) is 1.72. The van der Waals surface area contributed by atoms with Gasteiger partial charge in [-0.25, -0.2) is 4.79 Å². The van der Waals surface area contributed by atoms with Crippen LogP contribution in [0.3, 0.4) is 0 Å². The Balaban J connectivity index is 2.37. The van der Waals surface area contributed by atoms with E-state index in [1.165, 1.54) is 5.56 Å². The van der Waals surface area contributed by atoms with Crippen LogP contribution in [0.15, 0.2) is 17.5 Å². The summed E-state index contributed by atoms with van der Waals surface area (Å²) in [6.45, 7) is 2.44. The maximum Gasteiger partial charge on any atom is 0.339 e. The molecule has 0 unspecified atom stereocenters. The Morgan fingerprint density at radius 2 is 2.42 bits per heavy atom. The van der Waals surface area contributed by atoms with Crippen LogP contribution in [-0.2, 0) is 9.53 Å². The summed E-state index contributed by atoms with van der Waals surface area (Å²) in [6, 6.07) is 2.00. The molecule has 0 amide bonds. The van der Waals surface area contributed by atoms with Crippen molar-refractivity contribution in [2.75, 3.05) is 6.61 Å². The molecule has 3 heteroatoms. The minimum Gasteiger partial charge on any atom is -0.458 e. The van der Waals surface area contributed by atoms with Crippen LogP contribution in [0.4, 0.5) is 0 Å². The quantitative estimate of drug-likeness (QED) is 0.618. The van der Waals surface area contributed by atoms with Gasteiger partial charge < -0.3 is 4.74 Å². The molecule has 0 aliphatic carbocycles. The maximum atomic E-state index is 11.1. The zero-order valence-corrected chi connectivity index (χ0v) is 7.48. The fraction of sp³-hybridized carbons (Fsp3) is 0.222. The third kappa shape index (κ3) is 1.16. The van der Waals surface area contributed by atoms with Crippen LogP contribution >= 0.6 is 11.3 Å². The molecule has 0 aromatic carbocycles. The highest BCUT2D eigenvalue weighted by atomic mass is 32.1. The van der Waals surface area contributed by atoms with E-state index in [0.717, 1.165) is 4.88 Å². The van der Waals surface area contributed by atoms with E-state index in [2.05, 4.69) is 0 Å². The van der Waals surface area contributed by atoms with Crippen LogP contribution in [0.2, 0.25) is 0 Å². The Kier molecular flexibility index (Phi) is 1.73. The Bertz CT molecular complexity index is 349. The Hall–Kier alpha value is -1.09. The highest BCUT2D eigenvalue weighted by Gasteiger charge is 2.19. The second-order valence-corrected chi connectivity index (χ2v) is 3.62. The van der Waals surface area contributed by atoms with E-state index in [9.17, 15) is 4.79 Å². The SMILES string of the molecule is Cc1csc(C2=CCOC2=O)c1. The second-order valence-electron chi connectivity index (χ2n) is 2.70. The summed E-state index contributed by atoms with van der Waals surface area (Å²) in [6.07, 6.45) is 1.83. The summed E-state index contributed by atoms with van der Waals surface area (Å²) in [4.78, 5) is 12.1. The van der Waals surface area contributed by atoms with Crippen LogP contribution in [0.1, 0.15) is 10.4 Å². The first-order valence-electron chi connectivity index (χ1n) is 3.70. The van der Waals surface area contributed by atoms with Crippen LogP contribution < -0.4 is 0 Å². The fourth-order valence-electron chi connectivity index (χ4n) is 1.14. The Morgan fingerprint density at radius 3 is 2.92 bits per heavy atom. The van der Waals surface area contributed by atoms with Gasteiger partial charge in [0.25, 0.3) is 0 Å². The zero-order chi connectivity index (χ0) is 8.55. The highest BCUT2D eigenvalue weighted by Crippen LogP contribution is 2.26. The smallest absolute Gasteiger partial charge is 0.339 e. The fourth-order valence-corrected chi connectivity index (χ4v) is 2.06. The lowest BCUT2D eigenvalue weighted by Gasteiger charge is -1.92. The molecule has 0 radical (unpaired) electrons. The summed E-state index contributed by atoms with van der Waals surface area (Å²) in [5.41, 5.74) is 1.91. The molecule has 0 saturated heterocycles. The maximum absolute atomic E-state index is 11.1. The van der Waals surface area contributed by atoms with Crippen molar-refractivity contribution in [3.8, 4) is 0 Å². The zero-order valence-electron chi connectivity index (χ0n) is 6.66. The van der Waals surface area contributed by atoms with Crippen molar-refractivity contribution in [2.24, 2.45) is 0 Å². The topological polar surface area (TPSA) is 26.3 Å². The third-order valence-corrected chi connectivity index (χ3v) is 2.80. The van der Waals surface area contributed by atoms with Crippen LogP contribution in [-0.4, -0.2) is 12.6 Å². The Morgan fingerprint density at radius 1 is 1.58 bits per heavy atom. The Labute approximate surface area is 74.5 Å². The van der Waals surface area contributed by atoms with E-state index in [0.29, 0.717) is 12.2 Å².